The molecular formula is C18H25N3O3S3. The van der Waals surface area contributed by atoms with Crippen molar-refractivity contribution in [3.63, 3.8) is 0 Å². The normalized spacial score (nSPS) is 18.9. The summed E-state index contributed by atoms with van der Waals surface area (Å²) < 4.78 is 23.9. The molecule has 0 N–H and O–H groups in total. The maximum atomic E-state index is 13.2. The number of likely N-dealkylation sites (N-methyl/N-ethyl adjacent to an activating group) is 1. The van der Waals surface area contributed by atoms with Crippen LogP contribution in [-0.4, -0.2) is 72.8 Å². The van der Waals surface area contributed by atoms with Gasteiger partial charge in [-0.1, -0.05) is 13.8 Å². The van der Waals surface area contributed by atoms with Gasteiger partial charge in [-0.05, 0) is 31.0 Å². The van der Waals surface area contributed by atoms with Gasteiger partial charge >= 0.3 is 0 Å². The monoisotopic (exact) mass is 427 g/mol. The molecule has 3 heterocycles. The molecule has 0 spiro atoms. The van der Waals surface area contributed by atoms with Gasteiger partial charge in [-0.3, -0.25) is 4.79 Å². The minimum Gasteiger partial charge on any atom is -0.332 e. The van der Waals surface area contributed by atoms with Gasteiger partial charge in [-0.2, -0.15) is 11.3 Å². The fourth-order valence-electron chi connectivity index (χ4n) is 3.30. The molecule has 2 aromatic heterocycles. The average molecular weight is 428 g/mol. The van der Waals surface area contributed by atoms with Crippen molar-refractivity contribution in [3.05, 3.63) is 27.9 Å². The number of carbonyl (C=O) groups is 1. The molecule has 1 saturated heterocycles. The Morgan fingerprint density at radius 1 is 1.26 bits per heavy atom. The quantitative estimate of drug-likeness (QED) is 0.648. The van der Waals surface area contributed by atoms with Gasteiger partial charge in [0.25, 0.3) is 5.91 Å². The first-order valence-electron chi connectivity index (χ1n) is 9.15. The maximum Gasteiger partial charge on any atom is 0.273 e. The van der Waals surface area contributed by atoms with Crippen LogP contribution in [0.3, 0.4) is 0 Å². The SMILES string of the molecule is CCN(CC)CCN(C(=O)c1csc(-c2ccsc2)n1)C1CCS(=O)(=O)C1. The van der Waals surface area contributed by atoms with Gasteiger partial charge in [0.2, 0.25) is 0 Å². The van der Waals surface area contributed by atoms with Crippen molar-refractivity contribution < 1.29 is 13.2 Å². The Kier molecular flexibility index (Phi) is 6.67. The number of hydrogen-bond acceptors (Lipinski definition) is 7. The van der Waals surface area contributed by atoms with E-state index < -0.39 is 9.84 Å². The Bertz CT molecular complexity index is 858. The largest absolute Gasteiger partial charge is 0.332 e. The molecule has 0 radical (unpaired) electrons. The van der Waals surface area contributed by atoms with E-state index in [1.807, 2.05) is 16.8 Å². The molecule has 1 aliphatic rings. The number of hydrogen-bond donors (Lipinski definition) is 0. The van der Waals surface area contributed by atoms with Gasteiger partial charge < -0.3 is 9.80 Å². The van der Waals surface area contributed by atoms with Crippen LogP contribution in [-0.2, 0) is 9.84 Å². The number of nitrogens with zero attached hydrogens (tertiary/aromatic N) is 3. The van der Waals surface area contributed by atoms with E-state index in [-0.39, 0.29) is 23.5 Å². The zero-order valence-corrected chi connectivity index (χ0v) is 18.1. The van der Waals surface area contributed by atoms with Crippen LogP contribution in [0.5, 0.6) is 0 Å². The molecular weight excluding hydrogens is 402 g/mol. The van der Waals surface area contributed by atoms with E-state index in [1.165, 1.54) is 11.3 Å². The molecule has 148 valence electrons. The zero-order valence-electron chi connectivity index (χ0n) is 15.6. The molecule has 1 aliphatic heterocycles. The lowest BCUT2D eigenvalue weighted by molar-refractivity contribution is 0.0669. The number of rotatable bonds is 8. The van der Waals surface area contributed by atoms with Crippen molar-refractivity contribution in [3.8, 4) is 10.6 Å². The van der Waals surface area contributed by atoms with E-state index in [2.05, 4.69) is 23.7 Å². The Morgan fingerprint density at radius 2 is 2.04 bits per heavy atom. The summed E-state index contributed by atoms with van der Waals surface area (Å²) >= 11 is 3.04. The smallest absolute Gasteiger partial charge is 0.273 e. The van der Waals surface area contributed by atoms with Crippen LogP contribution in [0.2, 0.25) is 0 Å². The molecule has 1 amide bonds. The third-order valence-corrected chi connectivity index (χ3v) is 8.28. The summed E-state index contributed by atoms with van der Waals surface area (Å²) in [7, 11) is -3.06. The molecule has 0 saturated carbocycles. The minimum atomic E-state index is -3.06. The molecule has 0 aliphatic carbocycles. The van der Waals surface area contributed by atoms with Crippen molar-refractivity contribution in [1.29, 1.82) is 0 Å². The molecule has 3 rings (SSSR count). The van der Waals surface area contributed by atoms with Crippen LogP contribution in [0.15, 0.2) is 22.2 Å². The van der Waals surface area contributed by atoms with E-state index >= 15 is 0 Å². The second-order valence-electron chi connectivity index (χ2n) is 6.63. The molecule has 0 aromatic carbocycles. The van der Waals surface area contributed by atoms with E-state index in [9.17, 15) is 13.2 Å². The van der Waals surface area contributed by atoms with Gasteiger partial charge in [0, 0.05) is 35.5 Å². The minimum absolute atomic E-state index is 0.0541. The third-order valence-electron chi connectivity index (χ3n) is 4.95. The lowest BCUT2D eigenvalue weighted by Crippen LogP contribution is -2.45. The van der Waals surface area contributed by atoms with E-state index in [4.69, 9.17) is 0 Å². The summed E-state index contributed by atoms with van der Waals surface area (Å²) in [5.74, 6) is 0.0459. The predicted octanol–water partition coefficient (Wildman–Crippen LogP) is 2.84. The Balaban J connectivity index is 1.79. The Hall–Kier alpha value is -1.29. The van der Waals surface area contributed by atoms with Crippen LogP contribution in [0.4, 0.5) is 0 Å². The van der Waals surface area contributed by atoms with Crippen molar-refractivity contribution in [1.82, 2.24) is 14.8 Å². The highest BCUT2D eigenvalue weighted by Crippen LogP contribution is 2.27. The molecule has 9 heteroatoms. The summed E-state index contributed by atoms with van der Waals surface area (Å²) in [6, 6.07) is 1.73. The van der Waals surface area contributed by atoms with Crippen LogP contribution in [0.25, 0.3) is 10.6 Å². The van der Waals surface area contributed by atoms with Gasteiger partial charge in [-0.25, -0.2) is 13.4 Å². The molecule has 0 bridgehead atoms. The highest BCUT2D eigenvalue weighted by atomic mass is 32.2. The lowest BCUT2D eigenvalue weighted by atomic mass is 10.2. The fourth-order valence-corrected chi connectivity index (χ4v) is 6.53. The molecule has 27 heavy (non-hydrogen) atoms. The predicted molar refractivity (Wildman–Crippen MR) is 111 cm³/mol. The van der Waals surface area contributed by atoms with E-state index in [0.29, 0.717) is 18.7 Å². The first kappa shape index (κ1) is 20.4. The van der Waals surface area contributed by atoms with Crippen molar-refractivity contribution >= 4 is 38.4 Å². The third kappa shape index (κ3) is 4.96. The number of amides is 1. The zero-order chi connectivity index (χ0) is 19.4. The standard InChI is InChI=1S/C18H25N3O3S3/c1-3-20(4-2)7-8-21(15-6-10-27(23,24)13-15)18(22)16-12-26-17(19-16)14-5-9-25-11-14/h5,9,11-12,15H,3-4,6-8,10,13H2,1-2H3. The second-order valence-corrected chi connectivity index (χ2v) is 10.5. The molecule has 1 fully saturated rings. The van der Waals surface area contributed by atoms with Crippen molar-refractivity contribution in [2.24, 2.45) is 0 Å². The molecule has 6 nitrogen and oxygen atoms in total. The van der Waals surface area contributed by atoms with Crippen LogP contribution in [0.1, 0.15) is 30.8 Å². The highest BCUT2D eigenvalue weighted by molar-refractivity contribution is 7.91. The Labute approximate surface area is 168 Å². The first-order valence-corrected chi connectivity index (χ1v) is 12.8. The molecule has 2 aromatic rings. The lowest BCUT2D eigenvalue weighted by Gasteiger charge is -2.30. The van der Waals surface area contributed by atoms with Crippen LogP contribution < -0.4 is 0 Å². The molecule has 1 atom stereocenters. The Morgan fingerprint density at radius 3 is 2.63 bits per heavy atom. The molecule has 1 unspecified atom stereocenters. The van der Waals surface area contributed by atoms with Gasteiger partial charge in [0.15, 0.2) is 9.84 Å². The van der Waals surface area contributed by atoms with Gasteiger partial charge in [0.1, 0.15) is 10.7 Å². The van der Waals surface area contributed by atoms with Crippen LogP contribution >= 0.6 is 22.7 Å². The van der Waals surface area contributed by atoms with Gasteiger partial charge in [-0.15, -0.1) is 11.3 Å². The van der Waals surface area contributed by atoms with E-state index in [0.717, 1.165) is 30.2 Å². The second kappa shape index (κ2) is 8.81. The van der Waals surface area contributed by atoms with E-state index in [1.54, 1.807) is 21.6 Å². The summed E-state index contributed by atoms with van der Waals surface area (Å²) in [5.41, 5.74) is 1.42. The summed E-state index contributed by atoms with van der Waals surface area (Å²) in [6.07, 6.45) is 0.508. The average Bonchev–Trinajstić information content (AvgIpc) is 3.38. The fraction of sp³-hybridized carbons (Fsp3) is 0.556. The number of thiazole rings is 1. The topological polar surface area (TPSA) is 70.6 Å². The first-order chi connectivity index (χ1) is 12.9. The van der Waals surface area contributed by atoms with Gasteiger partial charge in [0.05, 0.1) is 11.5 Å². The number of sulfone groups is 1. The summed E-state index contributed by atoms with van der Waals surface area (Å²) in [4.78, 5) is 21.7. The number of carbonyl (C=O) groups excluding carboxylic acids is 1. The van der Waals surface area contributed by atoms with Crippen LogP contribution in [0, 0.1) is 0 Å². The highest BCUT2D eigenvalue weighted by Gasteiger charge is 2.35. The maximum absolute atomic E-state index is 13.2. The number of thiophene rings is 1. The van der Waals surface area contributed by atoms with Crippen molar-refractivity contribution in [2.45, 2.75) is 26.3 Å². The summed E-state index contributed by atoms with van der Waals surface area (Å²) in [6.45, 7) is 7.23. The number of aromatic nitrogens is 1. The summed E-state index contributed by atoms with van der Waals surface area (Å²) in [5, 5.41) is 6.60. The van der Waals surface area contributed by atoms with Crippen molar-refractivity contribution in [2.75, 3.05) is 37.7 Å².